The fourth-order valence-corrected chi connectivity index (χ4v) is 6.32. The van der Waals surface area contributed by atoms with Crippen molar-refractivity contribution in [2.45, 2.75) is 161 Å². The molecule has 0 amide bonds. The molecule has 0 bridgehead atoms. The molecule has 11 heteroatoms. The van der Waals surface area contributed by atoms with Crippen LogP contribution in [0, 0.1) is 0 Å². The number of allylic oxidation sites excluding steroid dienone is 15. The summed E-state index contributed by atoms with van der Waals surface area (Å²) in [5, 5.41) is 10.3. The highest BCUT2D eigenvalue weighted by atomic mass is 31.2. The third-order valence-electron chi connectivity index (χ3n) is 9.20. The van der Waals surface area contributed by atoms with E-state index < -0.39 is 38.6 Å². The molecular weight excluding hydrogens is 790 g/mol. The lowest BCUT2D eigenvalue weighted by atomic mass is 10.1. The molecule has 10 nitrogen and oxygen atoms in total. The van der Waals surface area contributed by atoms with E-state index >= 15 is 0 Å². The number of unbranched alkanes of at least 4 members (excludes halogenated alkanes) is 9. The molecule has 0 rings (SSSR count). The van der Waals surface area contributed by atoms with Crippen molar-refractivity contribution < 1.29 is 47.2 Å². The number of likely N-dealkylation sites (N-methyl/N-ethyl adjacent to an activating group) is 1. The van der Waals surface area contributed by atoms with E-state index in [0.717, 1.165) is 64.2 Å². The number of phosphoric ester groups is 1. The van der Waals surface area contributed by atoms with Gasteiger partial charge in [0.1, 0.15) is 19.8 Å². The zero-order valence-corrected chi connectivity index (χ0v) is 39.6. The highest BCUT2D eigenvalue weighted by Gasteiger charge is 2.27. The maximum Gasteiger partial charge on any atom is 0.472 e. The van der Waals surface area contributed by atoms with E-state index in [4.69, 9.17) is 18.5 Å². The molecule has 348 valence electrons. The Kier molecular flexibility index (Phi) is 38.8. The summed E-state index contributed by atoms with van der Waals surface area (Å²) in [5.41, 5.74) is 0. The third kappa shape index (κ3) is 44.7. The molecular formula is C50H85NO9P+. The topological polar surface area (TPSA) is 129 Å². The van der Waals surface area contributed by atoms with Gasteiger partial charge in [0, 0.05) is 12.8 Å². The average Bonchev–Trinajstić information content (AvgIpc) is 3.21. The van der Waals surface area contributed by atoms with Crippen molar-refractivity contribution in [1.82, 2.24) is 0 Å². The first kappa shape index (κ1) is 57.9. The Hall–Kier alpha value is -3.11. The van der Waals surface area contributed by atoms with Gasteiger partial charge in [0.05, 0.1) is 33.9 Å². The van der Waals surface area contributed by atoms with Gasteiger partial charge in [-0.15, -0.1) is 0 Å². The van der Waals surface area contributed by atoms with Crippen LogP contribution in [0.1, 0.15) is 149 Å². The first-order chi connectivity index (χ1) is 29.4. The molecule has 61 heavy (non-hydrogen) atoms. The maximum absolute atomic E-state index is 12.7. The molecule has 0 aromatic carbocycles. The van der Waals surface area contributed by atoms with Crippen molar-refractivity contribution in [3.05, 3.63) is 97.2 Å². The van der Waals surface area contributed by atoms with E-state index in [1.165, 1.54) is 38.5 Å². The molecule has 3 atom stereocenters. The van der Waals surface area contributed by atoms with Crippen molar-refractivity contribution in [2.75, 3.05) is 47.5 Å². The third-order valence-corrected chi connectivity index (χ3v) is 10.2. The Balaban J connectivity index is 4.59. The van der Waals surface area contributed by atoms with E-state index in [1.54, 1.807) is 12.2 Å². The van der Waals surface area contributed by atoms with E-state index in [9.17, 15) is 24.2 Å². The molecule has 0 aromatic heterocycles. The summed E-state index contributed by atoms with van der Waals surface area (Å²) in [6.45, 7) is 4.02. The van der Waals surface area contributed by atoms with E-state index in [-0.39, 0.29) is 26.1 Å². The number of rotatable bonds is 40. The van der Waals surface area contributed by atoms with Crippen LogP contribution in [0.4, 0.5) is 0 Å². The van der Waals surface area contributed by atoms with Gasteiger partial charge in [-0.1, -0.05) is 150 Å². The fourth-order valence-electron chi connectivity index (χ4n) is 5.58. The van der Waals surface area contributed by atoms with Gasteiger partial charge < -0.3 is 24.0 Å². The SMILES string of the molecule is CC/C=C\C/C=C\C/C=C\C/C=C\C/C=C\CCCCCC(=O)OC[C@H](COP(=O)(O)OCC[N+](C)(C)C)OC(=O)CCCC(O)/C=C/C=C/C/C=C/CCCCCCCC. The van der Waals surface area contributed by atoms with Crippen molar-refractivity contribution >= 4 is 19.8 Å². The Morgan fingerprint density at radius 2 is 1.13 bits per heavy atom. The second kappa shape index (κ2) is 40.9. The molecule has 0 aliphatic rings. The summed E-state index contributed by atoms with van der Waals surface area (Å²) in [6, 6.07) is 0. The second-order valence-corrected chi connectivity index (χ2v) is 17.7. The normalized spacial score (nSPS) is 14.9. The maximum atomic E-state index is 12.7. The minimum atomic E-state index is -4.44. The number of hydrogen-bond donors (Lipinski definition) is 2. The quantitative estimate of drug-likeness (QED) is 0.0154. The van der Waals surface area contributed by atoms with E-state index in [0.29, 0.717) is 30.3 Å². The summed E-state index contributed by atoms with van der Waals surface area (Å²) in [6.07, 6.45) is 50.6. The number of phosphoric acid groups is 1. The van der Waals surface area contributed by atoms with Gasteiger partial charge >= 0.3 is 19.8 Å². The number of esters is 2. The summed E-state index contributed by atoms with van der Waals surface area (Å²) < 4.78 is 34.1. The van der Waals surface area contributed by atoms with Gasteiger partial charge in [0.25, 0.3) is 0 Å². The fraction of sp³-hybridized carbons (Fsp3) is 0.640. The number of ether oxygens (including phenoxy) is 2. The predicted octanol–water partition coefficient (Wildman–Crippen LogP) is 12.3. The van der Waals surface area contributed by atoms with Crippen LogP contribution in [0.25, 0.3) is 0 Å². The van der Waals surface area contributed by atoms with Crippen molar-refractivity contribution in [1.29, 1.82) is 0 Å². The van der Waals surface area contributed by atoms with Crippen LogP contribution in [0.15, 0.2) is 97.2 Å². The molecule has 0 aromatic rings. The molecule has 0 saturated heterocycles. The Bertz CT molecular complexity index is 1370. The summed E-state index contributed by atoms with van der Waals surface area (Å²) in [5.74, 6) is -1.04. The van der Waals surface area contributed by atoms with Crippen molar-refractivity contribution in [3.63, 3.8) is 0 Å². The molecule has 0 spiro atoms. The molecule has 0 radical (unpaired) electrons. The van der Waals surface area contributed by atoms with E-state index in [1.807, 2.05) is 33.3 Å². The number of quaternary nitrogens is 1. The first-order valence-corrected chi connectivity index (χ1v) is 24.6. The second-order valence-electron chi connectivity index (χ2n) is 16.2. The highest BCUT2D eigenvalue weighted by Crippen LogP contribution is 2.43. The van der Waals surface area contributed by atoms with Crippen LogP contribution in [-0.2, 0) is 32.7 Å². The lowest BCUT2D eigenvalue weighted by molar-refractivity contribution is -0.870. The predicted molar refractivity (Wildman–Crippen MR) is 253 cm³/mol. The summed E-state index contributed by atoms with van der Waals surface area (Å²) in [4.78, 5) is 35.4. The van der Waals surface area contributed by atoms with Crippen LogP contribution in [-0.4, -0.2) is 86.1 Å². The Morgan fingerprint density at radius 3 is 1.72 bits per heavy atom. The number of aliphatic hydroxyl groups is 1. The zero-order valence-electron chi connectivity index (χ0n) is 38.7. The Labute approximate surface area is 371 Å². The van der Waals surface area contributed by atoms with Crippen molar-refractivity contribution in [2.24, 2.45) is 0 Å². The monoisotopic (exact) mass is 875 g/mol. The lowest BCUT2D eigenvalue weighted by Crippen LogP contribution is -2.37. The standard InChI is InChI=1S/C50H84NO9P/c1-6-8-10-12-14-16-18-20-21-22-23-24-25-27-29-31-33-35-37-41-49(53)57-45-48(46-59-61(55,56)58-44-43-51(3,4)5)60-50(54)42-38-40-47(52)39-36-34-32-30-28-26-19-17-15-13-11-9-7-2/h8,10,14,16,20-21,23-24,26-29,32,34,36,39,47-48,52H,6-7,9,11-13,15,17-19,22,25,30-31,33,35,37-38,40-46H2,1-5H3/p+1/b10-8-,16-14-,21-20-,24-23-,28-26+,29-27-,34-32+,39-36+/t47?,48-/m1/s1. The first-order valence-electron chi connectivity index (χ1n) is 23.1. The number of carbonyl (C=O) groups is 2. The van der Waals surface area contributed by atoms with E-state index in [2.05, 4.69) is 86.8 Å². The summed E-state index contributed by atoms with van der Waals surface area (Å²) >= 11 is 0. The molecule has 0 heterocycles. The van der Waals surface area contributed by atoms with Gasteiger partial charge in [-0.2, -0.15) is 0 Å². The molecule has 0 fully saturated rings. The van der Waals surface area contributed by atoms with Crippen LogP contribution in [0.2, 0.25) is 0 Å². The molecule has 0 saturated carbocycles. The van der Waals surface area contributed by atoms with Gasteiger partial charge in [-0.05, 0) is 83.5 Å². The van der Waals surface area contributed by atoms with Gasteiger partial charge in [-0.3, -0.25) is 18.6 Å². The molecule has 0 aliphatic heterocycles. The minimum absolute atomic E-state index is 0.00323. The van der Waals surface area contributed by atoms with Crippen LogP contribution < -0.4 is 0 Å². The number of nitrogens with zero attached hydrogens (tertiary/aromatic N) is 1. The largest absolute Gasteiger partial charge is 0.472 e. The molecule has 2 unspecified atom stereocenters. The van der Waals surface area contributed by atoms with Gasteiger partial charge in [0.15, 0.2) is 6.10 Å². The number of hydrogen-bond acceptors (Lipinski definition) is 8. The molecule has 0 aliphatic carbocycles. The zero-order chi connectivity index (χ0) is 45.1. The van der Waals surface area contributed by atoms with Gasteiger partial charge in [0.2, 0.25) is 0 Å². The number of aliphatic hydroxyl groups excluding tert-OH is 1. The highest BCUT2D eigenvalue weighted by molar-refractivity contribution is 7.47. The molecule has 2 N–H and O–H groups in total. The average molecular weight is 875 g/mol. The Morgan fingerprint density at radius 1 is 0.607 bits per heavy atom. The van der Waals surface area contributed by atoms with Crippen LogP contribution >= 0.6 is 7.82 Å². The van der Waals surface area contributed by atoms with Gasteiger partial charge in [-0.25, -0.2) is 4.57 Å². The smallest absolute Gasteiger partial charge is 0.462 e. The van der Waals surface area contributed by atoms with Crippen LogP contribution in [0.3, 0.4) is 0 Å². The lowest BCUT2D eigenvalue weighted by Gasteiger charge is -2.24. The van der Waals surface area contributed by atoms with Crippen LogP contribution in [0.5, 0.6) is 0 Å². The minimum Gasteiger partial charge on any atom is -0.462 e. The summed E-state index contributed by atoms with van der Waals surface area (Å²) in [7, 11) is 1.33. The van der Waals surface area contributed by atoms with Crippen molar-refractivity contribution in [3.8, 4) is 0 Å². The number of carbonyl (C=O) groups excluding carboxylic acids is 2.